The maximum absolute atomic E-state index is 13.5. The molecular weight excluding hydrogens is 272 g/mol. The molecule has 2 aromatic carbocycles. The molecule has 0 aliphatic rings. The highest BCUT2D eigenvalue weighted by Gasteiger charge is 2.14. The second kappa shape index (κ2) is 5.70. The Morgan fingerprint density at radius 2 is 1.78 bits per heavy atom. The molecule has 1 unspecified atom stereocenters. The van der Waals surface area contributed by atoms with E-state index in [2.05, 4.69) is 0 Å². The molecule has 0 heterocycles. The summed E-state index contributed by atoms with van der Waals surface area (Å²) >= 11 is 12.0. The number of hydrogen-bond acceptors (Lipinski definition) is 1. The van der Waals surface area contributed by atoms with Crippen LogP contribution in [-0.2, 0) is 6.42 Å². The Labute approximate surface area is 115 Å². The largest absolute Gasteiger partial charge is 0.324 e. The third kappa shape index (κ3) is 2.83. The molecule has 0 aromatic heterocycles. The first kappa shape index (κ1) is 13.3. The lowest BCUT2D eigenvalue weighted by Crippen LogP contribution is -2.14. The number of hydrogen-bond donors (Lipinski definition) is 1. The van der Waals surface area contributed by atoms with Gasteiger partial charge in [0, 0.05) is 6.04 Å². The van der Waals surface area contributed by atoms with Crippen LogP contribution in [0.4, 0.5) is 4.39 Å². The lowest BCUT2D eigenvalue weighted by atomic mass is 9.99. The highest BCUT2D eigenvalue weighted by Crippen LogP contribution is 2.30. The zero-order chi connectivity index (χ0) is 13.1. The number of benzene rings is 2. The van der Waals surface area contributed by atoms with Crippen molar-refractivity contribution in [2.45, 2.75) is 12.5 Å². The minimum Gasteiger partial charge on any atom is -0.324 e. The van der Waals surface area contributed by atoms with Crippen LogP contribution < -0.4 is 5.73 Å². The molecule has 0 radical (unpaired) electrons. The van der Waals surface area contributed by atoms with Gasteiger partial charge in [0.1, 0.15) is 5.82 Å². The molecule has 2 aromatic rings. The van der Waals surface area contributed by atoms with E-state index in [0.29, 0.717) is 22.0 Å². The van der Waals surface area contributed by atoms with E-state index in [4.69, 9.17) is 28.9 Å². The molecule has 2 rings (SSSR count). The summed E-state index contributed by atoms with van der Waals surface area (Å²) < 4.78 is 13.5. The zero-order valence-electron chi connectivity index (χ0n) is 9.54. The molecular formula is C14H12Cl2FN. The fraction of sp³-hybridized carbons (Fsp3) is 0.143. The second-order valence-corrected chi connectivity index (χ2v) is 4.83. The Kier molecular flexibility index (Phi) is 4.23. The lowest BCUT2D eigenvalue weighted by Gasteiger charge is -2.15. The lowest BCUT2D eigenvalue weighted by molar-refractivity contribution is 0.593. The molecule has 1 nitrogen and oxygen atoms in total. The van der Waals surface area contributed by atoms with Crippen LogP contribution in [0.3, 0.4) is 0 Å². The van der Waals surface area contributed by atoms with E-state index < -0.39 is 0 Å². The summed E-state index contributed by atoms with van der Waals surface area (Å²) in [5, 5.41) is 0.890. The molecule has 0 bridgehead atoms. The summed E-state index contributed by atoms with van der Waals surface area (Å²) in [7, 11) is 0. The molecule has 0 aliphatic heterocycles. The van der Waals surface area contributed by atoms with Crippen molar-refractivity contribution >= 4 is 23.2 Å². The Bertz CT molecular complexity index is 557. The van der Waals surface area contributed by atoms with E-state index in [9.17, 15) is 4.39 Å². The first-order valence-electron chi connectivity index (χ1n) is 5.52. The first-order valence-corrected chi connectivity index (χ1v) is 6.28. The predicted molar refractivity (Wildman–Crippen MR) is 73.5 cm³/mol. The average Bonchev–Trinajstić information content (AvgIpc) is 2.35. The molecule has 94 valence electrons. The van der Waals surface area contributed by atoms with E-state index in [-0.39, 0.29) is 11.9 Å². The average molecular weight is 284 g/mol. The molecule has 2 N–H and O–H groups in total. The van der Waals surface area contributed by atoms with Crippen molar-refractivity contribution in [3.63, 3.8) is 0 Å². The Hall–Kier alpha value is -1.09. The molecule has 0 spiro atoms. The van der Waals surface area contributed by atoms with Crippen LogP contribution in [0, 0.1) is 5.82 Å². The standard InChI is InChI=1S/C14H12Cl2FN/c15-11-6-3-5-10(14(11)16)13(18)8-9-4-1-2-7-12(9)17/h1-7,13H,8,18H2. The highest BCUT2D eigenvalue weighted by atomic mass is 35.5. The summed E-state index contributed by atoms with van der Waals surface area (Å²) in [6.45, 7) is 0. The maximum Gasteiger partial charge on any atom is 0.126 e. The van der Waals surface area contributed by atoms with Crippen LogP contribution in [-0.4, -0.2) is 0 Å². The van der Waals surface area contributed by atoms with E-state index in [0.717, 1.165) is 5.56 Å². The number of nitrogens with two attached hydrogens (primary N) is 1. The third-order valence-corrected chi connectivity index (χ3v) is 3.61. The van der Waals surface area contributed by atoms with Crippen LogP contribution in [0.25, 0.3) is 0 Å². The molecule has 0 amide bonds. The van der Waals surface area contributed by atoms with Crippen molar-refractivity contribution in [1.29, 1.82) is 0 Å². The minimum atomic E-state index is -0.381. The summed E-state index contributed by atoms with van der Waals surface area (Å²) in [6, 6.07) is 11.5. The summed E-state index contributed by atoms with van der Waals surface area (Å²) in [6.07, 6.45) is 0.382. The normalized spacial score (nSPS) is 12.4. The molecule has 0 aliphatic carbocycles. The molecule has 1 atom stereocenters. The minimum absolute atomic E-state index is 0.258. The molecule has 18 heavy (non-hydrogen) atoms. The van der Waals surface area contributed by atoms with E-state index in [1.165, 1.54) is 6.07 Å². The van der Waals surface area contributed by atoms with Gasteiger partial charge in [-0.15, -0.1) is 0 Å². The maximum atomic E-state index is 13.5. The van der Waals surface area contributed by atoms with Gasteiger partial charge < -0.3 is 5.73 Å². The fourth-order valence-electron chi connectivity index (χ4n) is 1.82. The van der Waals surface area contributed by atoms with Gasteiger partial charge >= 0.3 is 0 Å². The van der Waals surface area contributed by atoms with Gasteiger partial charge in [-0.2, -0.15) is 0 Å². The van der Waals surface area contributed by atoms with E-state index in [1.807, 2.05) is 0 Å². The molecule has 0 fully saturated rings. The third-order valence-electron chi connectivity index (χ3n) is 2.78. The first-order chi connectivity index (χ1) is 8.59. The van der Waals surface area contributed by atoms with Crippen LogP contribution in [0.1, 0.15) is 17.2 Å². The van der Waals surface area contributed by atoms with Gasteiger partial charge in [-0.05, 0) is 29.7 Å². The fourth-order valence-corrected chi connectivity index (χ4v) is 2.27. The van der Waals surface area contributed by atoms with Gasteiger partial charge in [0.2, 0.25) is 0 Å². The van der Waals surface area contributed by atoms with E-state index >= 15 is 0 Å². The van der Waals surface area contributed by atoms with Gasteiger partial charge in [-0.1, -0.05) is 53.5 Å². The quantitative estimate of drug-likeness (QED) is 0.889. The van der Waals surface area contributed by atoms with E-state index in [1.54, 1.807) is 36.4 Å². The molecule has 0 saturated heterocycles. The van der Waals surface area contributed by atoms with Crippen molar-refractivity contribution in [2.24, 2.45) is 5.73 Å². The Morgan fingerprint density at radius 3 is 2.50 bits per heavy atom. The second-order valence-electron chi connectivity index (χ2n) is 4.05. The van der Waals surface area contributed by atoms with Gasteiger partial charge in [0.05, 0.1) is 10.0 Å². The SMILES string of the molecule is NC(Cc1ccccc1F)c1cccc(Cl)c1Cl. The Morgan fingerprint density at radius 1 is 1.06 bits per heavy atom. The van der Waals surface area contributed by atoms with Crippen molar-refractivity contribution in [2.75, 3.05) is 0 Å². The number of halogens is 3. The van der Waals surface area contributed by atoms with Gasteiger partial charge in [-0.25, -0.2) is 4.39 Å². The zero-order valence-corrected chi connectivity index (χ0v) is 11.0. The predicted octanol–water partition coefficient (Wildman–Crippen LogP) is 4.38. The summed E-state index contributed by atoms with van der Waals surface area (Å²) in [5.74, 6) is -0.258. The highest BCUT2D eigenvalue weighted by molar-refractivity contribution is 6.42. The summed E-state index contributed by atoms with van der Waals surface area (Å²) in [4.78, 5) is 0. The van der Waals surface area contributed by atoms with Gasteiger partial charge in [0.15, 0.2) is 0 Å². The monoisotopic (exact) mass is 283 g/mol. The van der Waals surface area contributed by atoms with Crippen LogP contribution in [0.15, 0.2) is 42.5 Å². The van der Waals surface area contributed by atoms with Crippen molar-refractivity contribution in [1.82, 2.24) is 0 Å². The topological polar surface area (TPSA) is 26.0 Å². The van der Waals surface area contributed by atoms with Gasteiger partial charge in [-0.3, -0.25) is 0 Å². The smallest absolute Gasteiger partial charge is 0.126 e. The van der Waals surface area contributed by atoms with Crippen molar-refractivity contribution in [3.8, 4) is 0 Å². The molecule has 0 saturated carbocycles. The van der Waals surface area contributed by atoms with Crippen molar-refractivity contribution < 1.29 is 4.39 Å². The van der Waals surface area contributed by atoms with Crippen LogP contribution >= 0.6 is 23.2 Å². The van der Waals surface area contributed by atoms with Crippen LogP contribution in [0.5, 0.6) is 0 Å². The summed E-state index contributed by atoms with van der Waals surface area (Å²) in [5.41, 5.74) is 7.36. The van der Waals surface area contributed by atoms with Gasteiger partial charge in [0.25, 0.3) is 0 Å². The Balaban J connectivity index is 2.25. The van der Waals surface area contributed by atoms with Crippen LogP contribution in [0.2, 0.25) is 10.0 Å². The number of rotatable bonds is 3. The molecule has 4 heteroatoms. The van der Waals surface area contributed by atoms with Crippen molar-refractivity contribution in [3.05, 3.63) is 69.5 Å².